The average molecular weight is 682 g/mol. The topological polar surface area (TPSA) is 189 Å². The van der Waals surface area contributed by atoms with Crippen LogP contribution in [0.15, 0.2) is 30.3 Å². The standard InChI is InChI=1S/C29H33ClFN5O9S/c30-23-8-7-22(46-23)28(42)36(24(37)3-1-2-10-33-20(27(32)41)5-9-26(39)40)15-18-14-35(29(43)45-18)21-6-4-17(13-19(21)31)34-11-12-44-16-25(34)38/h4,6-8,13,18,20,33H,1-3,5,9-12,14-16H2,(H2,32,41)(H,39,40)/t18-,20+/m1/s1. The Morgan fingerprint density at radius 3 is 2.59 bits per heavy atom. The van der Waals surface area contributed by atoms with E-state index in [1.807, 2.05) is 0 Å². The highest BCUT2D eigenvalue weighted by Crippen LogP contribution is 2.30. The van der Waals surface area contributed by atoms with Gasteiger partial charge in [0.25, 0.3) is 11.8 Å². The van der Waals surface area contributed by atoms with Gasteiger partial charge < -0.3 is 30.5 Å². The van der Waals surface area contributed by atoms with Gasteiger partial charge in [0.15, 0.2) is 0 Å². The molecule has 2 aliphatic rings. The maximum absolute atomic E-state index is 15.2. The molecule has 2 aromatic rings. The zero-order valence-corrected chi connectivity index (χ0v) is 26.2. The van der Waals surface area contributed by atoms with Gasteiger partial charge in [-0.2, -0.15) is 0 Å². The van der Waals surface area contributed by atoms with Crippen LogP contribution in [0.25, 0.3) is 0 Å². The van der Waals surface area contributed by atoms with Crippen molar-refractivity contribution in [1.29, 1.82) is 0 Å². The molecule has 2 fully saturated rings. The molecule has 5 amide bonds. The van der Waals surface area contributed by atoms with Crippen molar-refractivity contribution in [3.63, 3.8) is 0 Å². The third-order valence-corrected chi connectivity index (χ3v) is 8.53. The summed E-state index contributed by atoms with van der Waals surface area (Å²) in [5.41, 5.74) is 5.55. The number of unbranched alkanes of at least 4 members (excludes halogenated alkanes) is 1. The summed E-state index contributed by atoms with van der Waals surface area (Å²) in [6.45, 7) is 0.278. The summed E-state index contributed by atoms with van der Waals surface area (Å²) in [6, 6.07) is 6.17. The van der Waals surface area contributed by atoms with E-state index in [1.54, 1.807) is 0 Å². The fourth-order valence-electron chi connectivity index (χ4n) is 4.98. The fourth-order valence-corrected chi connectivity index (χ4v) is 5.97. The van der Waals surface area contributed by atoms with Crippen molar-refractivity contribution in [3.8, 4) is 0 Å². The van der Waals surface area contributed by atoms with Crippen molar-refractivity contribution >= 4 is 70.0 Å². The first-order valence-corrected chi connectivity index (χ1v) is 15.6. The smallest absolute Gasteiger partial charge is 0.414 e. The van der Waals surface area contributed by atoms with Crippen molar-refractivity contribution < 1.29 is 47.7 Å². The summed E-state index contributed by atoms with van der Waals surface area (Å²) in [4.78, 5) is 77.6. The number of carboxylic acids is 1. The molecule has 0 radical (unpaired) electrons. The normalized spacial score (nSPS) is 17.1. The van der Waals surface area contributed by atoms with Crippen molar-refractivity contribution in [2.45, 2.75) is 44.2 Å². The molecule has 2 aliphatic heterocycles. The number of rotatable bonds is 15. The molecular weight excluding hydrogens is 649 g/mol. The van der Waals surface area contributed by atoms with E-state index in [1.165, 1.54) is 29.2 Å². The van der Waals surface area contributed by atoms with Gasteiger partial charge in [-0.25, -0.2) is 9.18 Å². The second-order valence-electron chi connectivity index (χ2n) is 10.6. The van der Waals surface area contributed by atoms with Gasteiger partial charge in [-0.1, -0.05) is 11.6 Å². The lowest BCUT2D eigenvalue weighted by atomic mass is 10.1. The lowest BCUT2D eigenvalue weighted by Gasteiger charge is -2.27. The van der Waals surface area contributed by atoms with Crippen molar-refractivity contribution in [1.82, 2.24) is 10.2 Å². The maximum atomic E-state index is 15.2. The van der Waals surface area contributed by atoms with Crippen LogP contribution in [0.5, 0.6) is 0 Å². The van der Waals surface area contributed by atoms with Crippen LogP contribution in [0, 0.1) is 5.82 Å². The molecule has 46 heavy (non-hydrogen) atoms. The summed E-state index contributed by atoms with van der Waals surface area (Å²) >= 11 is 6.99. The zero-order chi connectivity index (χ0) is 33.4. The largest absolute Gasteiger partial charge is 0.481 e. The number of carbonyl (C=O) groups is 6. The number of imide groups is 1. The fraction of sp³-hybridized carbons (Fsp3) is 0.448. The minimum absolute atomic E-state index is 0.0218. The highest BCUT2D eigenvalue weighted by atomic mass is 35.5. The number of morpholine rings is 1. The second-order valence-corrected chi connectivity index (χ2v) is 12.3. The third kappa shape index (κ3) is 8.99. The van der Waals surface area contributed by atoms with Crippen LogP contribution in [-0.2, 0) is 28.7 Å². The number of nitrogens with two attached hydrogens (primary N) is 1. The molecule has 248 valence electrons. The highest BCUT2D eigenvalue weighted by molar-refractivity contribution is 7.18. The Labute approximate surface area is 272 Å². The second kappa shape index (κ2) is 15.9. The Morgan fingerprint density at radius 1 is 1.15 bits per heavy atom. The molecule has 2 atom stereocenters. The van der Waals surface area contributed by atoms with E-state index < -0.39 is 47.7 Å². The molecule has 14 nitrogen and oxygen atoms in total. The van der Waals surface area contributed by atoms with Gasteiger partial charge in [0.2, 0.25) is 11.8 Å². The lowest BCUT2D eigenvalue weighted by molar-refractivity contribution is -0.137. The van der Waals surface area contributed by atoms with Gasteiger partial charge in [0.05, 0.1) is 40.6 Å². The van der Waals surface area contributed by atoms with E-state index >= 15 is 4.39 Å². The summed E-state index contributed by atoms with van der Waals surface area (Å²) in [5, 5.41) is 11.7. The molecular formula is C29H33ClFN5O9S. The quantitative estimate of drug-likeness (QED) is 0.235. The number of benzene rings is 1. The minimum Gasteiger partial charge on any atom is -0.481 e. The SMILES string of the molecule is NC(=O)[C@H](CCC(=O)O)NCCCCC(=O)N(C[C@H]1CN(c2ccc(N3CCOCC3=O)cc2F)C(=O)O1)C(=O)c1ccc(Cl)s1. The Kier molecular flexibility index (Phi) is 12.0. The van der Waals surface area contributed by atoms with Gasteiger partial charge in [0, 0.05) is 25.1 Å². The van der Waals surface area contributed by atoms with Crippen LogP contribution in [0.3, 0.4) is 0 Å². The summed E-state index contributed by atoms with van der Waals surface area (Å²) in [7, 11) is 0. The number of ether oxygens (including phenoxy) is 2. The number of carboxylic acid groups (broad SMARTS) is 1. The predicted octanol–water partition coefficient (Wildman–Crippen LogP) is 2.38. The Balaban J connectivity index is 1.38. The molecule has 0 saturated carbocycles. The molecule has 17 heteroatoms. The van der Waals surface area contributed by atoms with Gasteiger partial charge in [0.1, 0.15) is 18.5 Å². The molecule has 4 rings (SSSR count). The van der Waals surface area contributed by atoms with E-state index in [-0.39, 0.29) is 68.5 Å². The van der Waals surface area contributed by atoms with Crippen LogP contribution in [-0.4, -0.2) is 97.2 Å². The van der Waals surface area contributed by atoms with Crippen LogP contribution in [0.2, 0.25) is 4.34 Å². The van der Waals surface area contributed by atoms with Gasteiger partial charge in [-0.05, 0) is 56.1 Å². The number of cyclic esters (lactones) is 1. The number of nitrogens with one attached hydrogen (secondary N) is 1. The first-order chi connectivity index (χ1) is 21.9. The van der Waals surface area contributed by atoms with Crippen molar-refractivity contribution in [2.24, 2.45) is 5.73 Å². The number of hydrogen-bond donors (Lipinski definition) is 3. The maximum Gasteiger partial charge on any atom is 0.414 e. The number of anilines is 2. The van der Waals surface area contributed by atoms with E-state index in [0.717, 1.165) is 27.2 Å². The summed E-state index contributed by atoms with van der Waals surface area (Å²) in [5.74, 6) is -4.01. The molecule has 0 unspecified atom stereocenters. The number of aliphatic carboxylic acids is 1. The number of amides is 5. The van der Waals surface area contributed by atoms with E-state index in [0.29, 0.717) is 29.5 Å². The number of carbonyl (C=O) groups excluding carboxylic acids is 5. The molecule has 1 aromatic heterocycles. The minimum atomic E-state index is -1.06. The van der Waals surface area contributed by atoms with Gasteiger partial charge >= 0.3 is 12.1 Å². The number of primary amides is 1. The Morgan fingerprint density at radius 2 is 1.93 bits per heavy atom. The van der Waals surface area contributed by atoms with Crippen LogP contribution < -0.4 is 20.9 Å². The molecule has 1 aromatic carbocycles. The number of thiophene rings is 1. The van der Waals surface area contributed by atoms with Crippen LogP contribution in [0.1, 0.15) is 41.8 Å². The van der Waals surface area contributed by atoms with Gasteiger partial charge in [-0.15, -0.1) is 11.3 Å². The summed E-state index contributed by atoms with van der Waals surface area (Å²) in [6.07, 6.45) is -1.39. The lowest BCUT2D eigenvalue weighted by Crippen LogP contribution is -2.43. The predicted molar refractivity (Wildman–Crippen MR) is 164 cm³/mol. The average Bonchev–Trinajstić information content (AvgIpc) is 3.61. The Hall–Kier alpha value is -4.12. The molecule has 4 N–H and O–H groups in total. The first-order valence-electron chi connectivity index (χ1n) is 14.4. The molecule has 0 spiro atoms. The molecule has 0 aliphatic carbocycles. The number of nitrogens with zero attached hydrogens (tertiary/aromatic N) is 3. The van der Waals surface area contributed by atoms with E-state index in [9.17, 15) is 28.8 Å². The van der Waals surface area contributed by atoms with E-state index in [4.69, 9.17) is 31.9 Å². The molecule has 0 bridgehead atoms. The first kappa shape index (κ1) is 34.7. The van der Waals surface area contributed by atoms with Crippen molar-refractivity contribution in [2.75, 3.05) is 49.2 Å². The molecule has 2 saturated heterocycles. The third-order valence-electron chi connectivity index (χ3n) is 7.31. The molecule has 3 heterocycles. The zero-order valence-electron chi connectivity index (χ0n) is 24.6. The van der Waals surface area contributed by atoms with Crippen molar-refractivity contribution in [3.05, 3.63) is 45.4 Å². The van der Waals surface area contributed by atoms with Crippen LogP contribution in [0.4, 0.5) is 20.6 Å². The highest BCUT2D eigenvalue weighted by Gasteiger charge is 2.38. The van der Waals surface area contributed by atoms with E-state index in [2.05, 4.69) is 5.32 Å². The van der Waals surface area contributed by atoms with Gasteiger partial charge in [-0.3, -0.25) is 33.8 Å². The number of halogens is 2. The number of hydrogen-bond acceptors (Lipinski definition) is 10. The Bertz CT molecular complexity index is 1490. The monoisotopic (exact) mass is 681 g/mol. The summed E-state index contributed by atoms with van der Waals surface area (Å²) < 4.78 is 26.1. The van der Waals surface area contributed by atoms with Crippen LogP contribution >= 0.6 is 22.9 Å².